The second-order valence-corrected chi connectivity index (χ2v) is 8.14. The highest BCUT2D eigenvalue weighted by Crippen LogP contribution is 2.28. The first-order valence-electron chi connectivity index (χ1n) is 10.6. The standard InChI is InChI=1S/C20H26F3N9O/c1-12-8-31(9-13(2)26-12)19-28-16-14(3)30-32(6-7-33-10-20(21,22)23)17(16)18(29-19)27-15-4-5-24-11-25-15/h4-5,11-13,26H,6-10H2,1-3H3,(H,24,25,27,28,29)/t12-,13-/m1/s1. The van der Waals surface area contributed by atoms with Crippen molar-refractivity contribution in [3.63, 3.8) is 0 Å². The number of fused-ring (bicyclic) bond motifs is 1. The van der Waals surface area contributed by atoms with Gasteiger partial charge >= 0.3 is 6.18 Å². The van der Waals surface area contributed by atoms with Gasteiger partial charge in [0.15, 0.2) is 5.82 Å². The van der Waals surface area contributed by atoms with Crippen LogP contribution >= 0.6 is 0 Å². The number of piperazine rings is 1. The van der Waals surface area contributed by atoms with E-state index < -0.39 is 12.8 Å². The summed E-state index contributed by atoms with van der Waals surface area (Å²) in [5.41, 5.74) is 1.83. The molecule has 0 amide bonds. The van der Waals surface area contributed by atoms with Gasteiger partial charge < -0.3 is 20.3 Å². The summed E-state index contributed by atoms with van der Waals surface area (Å²) in [7, 11) is 0. The summed E-state index contributed by atoms with van der Waals surface area (Å²) in [6, 6.07) is 2.23. The van der Waals surface area contributed by atoms with Crippen LogP contribution in [0, 0.1) is 6.92 Å². The number of hydrogen-bond donors (Lipinski definition) is 2. The molecule has 2 atom stereocenters. The van der Waals surface area contributed by atoms with E-state index in [0.717, 1.165) is 13.1 Å². The van der Waals surface area contributed by atoms with E-state index >= 15 is 0 Å². The number of halogens is 3. The van der Waals surface area contributed by atoms with Crippen molar-refractivity contribution in [1.29, 1.82) is 0 Å². The molecule has 1 aliphatic heterocycles. The molecule has 4 heterocycles. The Morgan fingerprint density at radius 3 is 2.64 bits per heavy atom. The maximum atomic E-state index is 12.4. The minimum Gasteiger partial charge on any atom is -0.370 e. The Hall–Kier alpha value is -3.06. The first-order chi connectivity index (χ1) is 15.7. The average Bonchev–Trinajstić information content (AvgIpc) is 3.06. The minimum atomic E-state index is -4.38. The monoisotopic (exact) mass is 465 g/mol. The Morgan fingerprint density at radius 2 is 1.97 bits per heavy atom. The summed E-state index contributed by atoms with van der Waals surface area (Å²) in [5.74, 6) is 1.54. The quantitative estimate of drug-likeness (QED) is 0.509. The van der Waals surface area contributed by atoms with Crippen molar-refractivity contribution in [3.8, 4) is 0 Å². The van der Waals surface area contributed by atoms with E-state index in [9.17, 15) is 13.2 Å². The second kappa shape index (κ2) is 9.43. The Balaban J connectivity index is 1.70. The fourth-order valence-electron chi connectivity index (χ4n) is 3.92. The van der Waals surface area contributed by atoms with Gasteiger partial charge in [-0.25, -0.2) is 15.0 Å². The van der Waals surface area contributed by atoms with Crippen LogP contribution in [-0.2, 0) is 11.3 Å². The third-order valence-electron chi connectivity index (χ3n) is 5.13. The van der Waals surface area contributed by atoms with Gasteiger partial charge in [0, 0.05) is 31.4 Å². The highest BCUT2D eigenvalue weighted by Gasteiger charge is 2.28. The van der Waals surface area contributed by atoms with E-state index in [1.807, 2.05) is 6.92 Å². The number of alkyl halides is 3. The Kier molecular flexibility index (Phi) is 6.61. The highest BCUT2D eigenvalue weighted by atomic mass is 19.4. The molecule has 0 aliphatic carbocycles. The van der Waals surface area contributed by atoms with Crippen LogP contribution in [0.3, 0.4) is 0 Å². The molecule has 178 valence electrons. The molecule has 10 nitrogen and oxygen atoms in total. The largest absolute Gasteiger partial charge is 0.411 e. The van der Waals surface area contributed by atoms with Crippen LogP contribution < -0.4 is 15.5 Å². The predicted molar refractivity (Wildman–Crippen MR) is 117 cm³/mol. The fourth-order valence-corrected chi connectivity index (χ4v) is 3.92. The third kappa shape index (κ3) is 5.66. The van der Waals surface area contributed by atoms with Crippen LogP contribution in [0.2, 0.25) is 0 Å². The van der Waals surface area contributed by atoms with E-state index in [1.165, 1.54) is 6.33 Å². The molecule has 0 saturated carbocycles. The number of aryl methyl sites for hydroxylation is 1. The molecule has 1 aliphatic rings. The second-order valence-electron chi connectivity index (χ2n) is 8.14. The van der Waals surface area contributed by atoms with Crippen molar-refractivity contribution in [1.82, 2.24) is 35.0 Å². The number of rotatable bonds is 7. The SMILES string of the molecule is Cc1nn(CCOCC(F)(F)F)c2c(Nc3ccncn3)nc(N3C[C@@H](C)N[C@H](C)C3)nc12. The van der Waals surface area contributed by atoms with Crippen molar-refractivity contribution in [2.75, 3.05) is 36.5 Å². The average molecular weight is 465 g/mol. The van der Waals surface area contributed by atoms with Crippen LogP contribution in [0.25, 0.3) is 11.0 Å². The molecule has 33 heavy (non-hydrogen) atoms. The van der Waals surface area contributed by atoms with Crippen LogP contribution in [0.1, 0.15) is 19.5 Å². The van der Waals surface area contributed by atoms with Crippen LogP contribution in [0.5, 0.6) is 0 Å². The number of ether oxygens (including phenoxy) is 1. The van der Waals surface area contributed by atoms with Crippen LogP contribution in [0.4, 0.5) is 30.8 Å². The summed E-state index contributed by atoms with van der Waals surface area (Å²) >= 11 is 0. The number of aromatic nitrogens is 6. The zero-order valence-electron chi connectivity index (χ0n) is 18.6. The van der Waals surface area contributed by atoms with Crippen molar-refractivity contribution in [3.05, 3.63) is 24.3 Å². The van der Waals surface area contributed by atoms with Gasteiger partial charge in [-0.05, 0) is 26.8 Å². The van der Waals surface area contributed by atoms with Gasteiger partial charge in [-0.3, -0.25) is 4.68 Å². The summed E-state index contributed by atoms with van der Waals surface area (Å²) in [6.07, 6.45) is -1.37. The minimum absolute atomic E-state index is 0.114. The fraction of sp³-hybridized carbons (Fsp3) is 0.550. The third-order valence-corrected chi connectivity index (χ3v) is 5.13. The molecule has 1 fully saturated rings. The van der Waals surface area contributed by atoms with E-state index in [-0.39, 0.29) is 25.2 Å². The van der Waals surface area contributed by atoms with Crippen molar-refractivity contribution >= 4 is 28.6 Å². The first kappa shape index (κ1) is 23.1. The molecule has 0 aromatic carbocycles. The van der Waals surface area contributed by atoms with Gasteiger partial charge in [0.25, 0.3) is 0 Å². The Labute approximate surface area is 188 Å². The topological polar surface area (TPSA) is 106 Å². The van der Waals surface area contributed by atoms with Gasteiger partial charge in [0.2, 0.25) is 5.95 Å². The molecular weight excluding hydrogens is 439 g/mol. The zero-order valence-corrected chi connectivity index (χ0v) is 18.6. The molecule has 0 radical (unpaired) electrons. The number of nitrogens with zero attached hydrogens (tertiary/aromatic N) is 7. The van der Waals surface area contributed by atoms with Crippen molar-refractivity contribution in [2.45, 2.75) is 45.6 Å². The summed E-state index contributed by atoms with van der Waals surface area (Å²) in [5, 5.41) is 11.2. The lowest BCUT2D eigenvalue weighted by atomic mass is 10.1. The molecule has 0 bridgehead atoms. The number of nitrogens with one attached hydrogen (secondary N) is 2. The lowest BCUT2D eigenvalue weighted by Crippen LogP contribution is -2.54. The summed E-state index contributed by atoms with van der Waals surface area (Å²) < 4.78 is 43.6. The summed E-state index contributed by atoms with van der Waals surface area (Å²) in [4.78, 5) is 19.8. The summed E-state index contributed by atoms with van der Waals surface area (Å²) in [6.45, 7) is 6.14. The Morgan fingerprint density at radius 1 is 1.21 bits per heavy atom. The first-order valence-corrected chi connectivity index (χ1v) is 10.6. The molecule has 4 rings (SSSR count). The molecule has 3 aromatic rings. The molecule has 13 heteroatoms. The number of hydrogen-bond acceptors (Lipinski definition) is 9. The lowest BCUT2D eigenvalue weighted by molar-refractivity contribution is -0.174. The predicted octanol–water partition coefficient (Wildman–Crippen LogP) is 2.43. The maximum absolute atomic E-state index is 12.4. The normalized spacial score (nSPS) is 19.3. The van der Waals surface area contributed by atoms with Crippen molar-refractivity contribution in [2.24, 2.45) is 0 Å². The smallest absolute Gasteiger partial charge is 0.370 e. The molecule has 0 unspecified atom stereocenters. The molecular formula is C20H26F3N9O. The van der Waals surface area contributed by atoms with E-state index in [1.54, 1.807) is 16.9 Å². The molecule has 3 aromatic heterocycles. The molecule has 2 N–H and O–H groups in total. The molecule has 1 saturated heterocycles. The number of anilines is 3. The van der Waals surface area contributed by atoms with Gasteiger partial charge in [0.1, 0.15) is 29.8 Å². The molecule has 0 spiro atoms. The van der Waals surface area contributed by atoms with Crippen LogP contribution in [-0.4, -0.2) is 74.3 Å². The highest BCUT2D eigenvalue weighted by molar-refractivity contribution is 5.90. The van der Waals surface area contributed by atoms with Crippen molar-refractivity contribution < 1.29 is 17.9 Å². The van der Waals surface area contributed by atoms with Crippen LogP contribution in [0.15, 0.2) is 18.6 Å². The van der Waals surface area contributed by atoms with E-state index in [4.69, 9.17) is 14.7 Å². The maximum Gasteiger partial charge on any atom is 0.411 e. The van der Waals surface area contributed by atoms with Gasteiger partial charge in [-0.15, -0.1) is 0 Å². The van der Waals surface area contributed by atoms with E-state index in [0.29, 0.717) is 34.3 Å². The Bertz CT molecular complexity index is 1080. The van der Waals surface area contributed by atoms with E-state index in [2.05, 4.69) is 44.4 Å². The zero-order chi connectivity index (χ0) is 23.6. The van der Waals surface area contributed by atoms with Gasteiger partial charge in [-0.2, -0.15) is 23.3 Å². The van der Waals surface area contributed by atoms with Gasteiger partial charge in [0.05, 0.1) is 18.8 Å². The lowest BCUT2D eigenvalue weighted by Gasteiger charge is -2.36. The van der Waals surface area contributed by atoms with Gasteiger partial charge in [-0.1, -0.05) is 0 Å².